The fourth-order valence-electron chi connectivity index (χ4n) is 4.84. The standard InChI is InChI=1S/C21H28N4O3.ClH/c1-27-18-7-6-12(10-19(18)28-2)16-11-17(25-24-16)21(26)23-20-13-4-3-5-14(20)9-15(22)8-13;/h6-7,10-11,13-15,20H,3-5,8-9,22H2,1-2H3,(H,23,26)(H,24,25);1H. The number of aromatic amines is 1. The molecule has 4 N–H and O–H groups in total. The quantitative estimate of drug-likeness (QED) is 0.689. The molecule has 0 radical (unpaired) electrons. The number of amides is 1. The summed E-state index contributed by atoms with van der Waals surface area (Å²) in [5.74, 6) is 2.15. The van der Waals surface area contributed by atoms with Gasteiger partial charge in [0, 0.05) is 17.6 Å². The van der Waals surface area contributed by atoms with Gasteiger partial charge in [0.1, 0.15) is 5.69 Å². The third kappa shape index (κ3) is 4.36. The van der Waals surface area contributed by atoms with Crippen molar-refractivity contribution in [3.63, 3.8) is 0 Å². The van der Waals surface area contributed by atoms with Crippen molar-refractivity contribution in [3.8, 4) is 22.8 Å². The van der Waals surface area contributed by atoms with E-state index in [1.807, 2.05) is 18.2 Å². The molecule has 2 fully saturated rings. The van der Waals surface area contributed by atoms with E-state index < -0.39 is 0 Å². The van der Waals surface area contributed by atoms with E-state index in [0.29, 0.717) is 34.7 Å². The highest BCUT2D eigenvalue weighted by molar-refractivity contribution is 5.93. The average molecular weight is 421 g/mol. The number of nitrogens with zero attached hydrogens (tertiary/aromatic N) is 1. The molecule has 29 heavy (non-hydrogen) atoms. The Morgan fingerprint density at radius 2 is 1.83 bits per heavy atom. The van der Waals surface area contributed by atoms with Gasteiger partial charge in [0.2, 0.25) is 0 Å². The summed E-state index contributed by atoms with van der Waals surface area (Å²) < 4.78 is 10.6. The minimum atomic E-state index is -0.100. The van der Waals surface area contributed by atoms with Crippen LogP contribution in [0, 0.1) is 11.8 Å². The van der Waals surface area contributed by atoms with E-state index in [2.05, 4.69) is 15.5 Å². The summed E-state index contributed by atoms with van der Waals surface area (Å²) in [7, 11) is 3.19. The molecule has 2 unspecified atom stereocenters. The van der Waals surface area contributed by atoms with Gasteiger partial charge in [-0.3, -0.25) is 9.89 Å². The zero-order valence-corrected chi connectivity index (χ0v) is 17.6. The number of nitrogens with one attached hydrogen (secondary N) is 2. The fraction of sp³-hybridized carbons (Fsp3) is 0.524. The average Bonchev–Trinajstić information content (AvgIpc) is 3.18. The number of benzene rings is 1. The Hall–Kier alpha value is -2.25. The first-order valence-electron chi connectivity index (χ1n) is 9.93. The maximum atomic E-state index is 12.8. The minimum Gasteiger partial charge on any atom is -0.493 e. The Morgan fingerprint density at radius 3 is 2.48 bits per heavy atom. The first-order valence-corrected chi connectivity index (χ1v) is 9.93. The smallest absolute Gasteiger partial charge is 0.269 e. The number of rotatable bonds is 5. The van der Waals surface area contributed by atoms with Gasteiger partial charge in [-0.25, -0.2) is 0 Å². The number of hydrogen-bond acceptors (Lipinski definition) is 5. The Balaban J connectivity index is 0.00000240. The number of hydrogen-bond donors (Lipinski definition) is 3. The Morgan fingerprint density at radius 1 is 1.14 bits per heavy atom. The van der Waals surface area contributed by atoms with Crippen LogP contribution < -0.4 is 20.5 Å². The molecule has 2 aliphatic carbocycles. The van der Waals surface area contributed by atoms with E-state index in [1.165, 1.54) is 6.42 Å². The van der Waals surface area contributed by atoms with Crippen molar-refractivity contribution in [2.24, 2.45) is 17.6 Å². The van der Waals surface area contributed by atoms with Gasteiger partial charge in [-0.1, -0.05) is 6.42 Å². The van der Waals surface area contributed by atoms with E-state index in [1.54, 1.807) is 20.3 Å². The SMILES string of the molecule is COc1ccc(-c2cc(C(=O)NC3C4CCCC3CC(N)C4)[nH]n2)cc1OC.Cl. The van der Waals surface area contributed by atoms with E-state index in [-0.39, 0.29) is 30.4 Å². The summed E-state index contributed by atoms with van der Waals surface area (Å²) in [6.07, 6.45) is 5.54. The zero-order chi connectivity index (χ0) is 19.7. The maximum absolute atomic E-state index is 12.8. The molecule has 7 nitrogen and oxygen atoms in total. The lowest BCUT2D eigenvalue weighted by Crippen LogP contribution is -2.53. The van der Waals surface area contributed by atoms with Crippen LogP contribution in [-0.2, 0) is 0 Å². The van der Waals surface area contributed by atoms with Gasteiger partial charge in [0.05, 0.1) is 19.9 Å². The monoisotopic (exact) mass is 420 g/mol. The van der Waals surface area contributed by atoms with Crippen molar-refractivity contribution >= 4 is 18.3 Å². The Bertz CT molecular complexity index is 842. The van der Waals surface area contributed by atoms with Gasteiger partial charge in [-0.2, -0.15) is 5.10 Å². The van der Waals surface area contributed by atoms with Crippen molar-refractivity contribution in [1.29, 1.82) is 0 Å². The maximum Gasteiger partial charge on any atom is 0.269 e. The second-order valence-electron chi connectivity index (χ2n) is 7.92. The summed E-state index contributed by atoms with van der Waals surface area (Å²) in [4.78, 5) is 12.8. The first-order chi connectivity index (χ1) is 13.6. The second-order valence-corrected chi connectivity index (χ2v) is 7.92. The Labute approximate surface area is 177 Å². The third-order valence-electron chi connectivity index (χ3n) is 6.18. The first kappa shape index (κ1) is 21.5. The highest BCUT2D eigenvalue weighted by Gasteiger charge is 2.40. The number of aromatic nitrogens is 2. The molecule has 0 saturated heterocycles. The molecule has 2 saturated carbocycles. The van der Waals surface area contributed by atoms with Crippen molar-refractivity contribution in [1.82, 2.24) is 15.5 Å². The van der Waals surface area contributed by atoms with Crippen molar-refractivity contribution < 1.29 is 14.3 Å². The molecule has 1 aromatic heterocycles. The van der Waals surface area contributed by atoms with Gasteiger partial charge < -0.3 is 20.5 Å². The van der Waals surface area contributed by atoms with Crippen LogP contribution in [0.4, 0.5) is 0 Å². The molecule has 1 aromatic carbocycles. The van der Waals surface area contributed by atoms with Gasteiger partial charge in [0.15, 0.2) is 11.5 Å². The number of carbonyl (C=O) groups excluding carboxylic acids is 1. The van der Waals surface area contributed by atoms with Crippen LogP contribution in [0.15, 0.2) is 24.3 Å². The van der Waals surface area contributed by atoms with Crippen molar-refractivity contribution in [3.05, 3.63) is 30.0 Å². The van der Waals surface area contributed by atoms with E-state index in [4.69, 9.17) is 15.2 Å². The topological polar surface area (TPSA) is 102 Å². The minimum absolute atomic E-state index is 0. The Kier molecular flexibility index (Phi) is 6.70. The molecule has 0 aliphatic heterocycles. The number of nitrogens with two attached hydrogens (primary N) is 1. The van der Waals surface area contributed by atoms with Crippen LogP contribution in [0.2, 0.25) is 0 Å². The molecular formula is C21H29ClN4O3. The largest absolute Gasteiger partial charge is 0.493 e. The number of H-pyrrole nitrogens is 1. The second kappa shape index (κ2) is 9.05. The summed E-state index contributed by atoms with van der Waals surface area (Å²) >= 11 is 0. The third-order valence-corrected chi connectivity index (χ3v) is 6.18. The fourth-order valence-corrected chi connectivity index (χ4v) is 4.84. The van der Waals surface area contributed by atoms with Crippen molar-refractivity contribution in [2.75, 3.05) is 14.2 Å². The van der Waals surface area contributed by atoms with Crippen LogP contribution in [0.5, 0.6) is 11.5 Å². The molecular weight excluding hydrogens is 392 g/mol. The van der Waals surface area contributed by atoms with Crippen LogP contribution in [0.1, 0.15) is 42.6 Å². The normalized spacial score (nSPS) is 25.6. The van der Waals surface area contributed by atoms with Gasteiger partial charge in [-0.05, 0) is 61.8 Å². The van der Waals surface area contributed by atoms with Crippen LogP contribution in [0.25, 0.3) is 11.3 Å². The molecule has 2 bridgehead atoms. The summed E-state index contributed by atoms with van der Waals surface area (Å²) in [5.41, 5.74) is 8.21. The lowest BCUT2D eigenvalue weighted by Gasteiger charge is -2.45. The lowest BCUT2D eigenvalue weighted by molar-refractivity contribution is 0.0751. The highest BCUT2D eigenvalue weighted by Crippen LogP contribution is 2.39. The zero-order valence-electron chi connectivity index (χ0n) is 16.8. The highest BCUT2D eigenvalue weighted by atomic mass is 35.5. The molecule has 2 aromatic rings. The van der Waals surface area contributed by atoms with Crippen LogP contribution >= 0.6 is 12.4 Å². The van der Waals surface area contributed by atoms with Gasteiger partial charge >= 0.3 is 0 Å². The molecule has 0 spiro atoms. The molecule has 1 amide bonds. The van der Waals surface area contributed by atoms with Crippen molar-refractivity contribution in [2.45, 2.75) is 44.2 Å². The summed E-state index contributed by atoms with van der Waals surface area (Å²) in [6.45, 7) is 0. The predicted octanol–water partition coefficient (Wildman–Crippen LogP) is 3.15. The van der Waals surface area contributed by atoms with Crippen LogP contribution in [0.3, 0.4) is 0 Å². The number of carbonyl (C=O) groups is 1. The predicted molar refractivity (Wildman–Crippen MR) is 114 cm³/mol. The molecule has 158 valence electrons. The van der Waals surface area contributed by atoms with E-state index >= 15 is 0 Å². The molecule has 8 heteroatoms. The van der Waals surface area contributed by atoms with Crippen LogP contribution in [-0.4, -0.2) is 42.4 Å². The molecule has 4 rings (SSSR count). The molecule has 2 aliphatic rings. The number of halogens is 1. The van der Waals surface area contributed by atoms with Gasteiger partial charge in [0.25, 0.3) is 5.91 Å². The van der Waals surface area contributed by atoms with E-state index in [0.717, 1.165) is 31.2 Å². The van der Waals surface area contributed by atoms with Gasteiger partial charge in [-0.15, -0.1) is 12.4 Å². The number of methoxy groups -OCH3 is 2. The number of ether oxygens (including phenoxy) is 2. The lowest BCUT2D eigenvalue weighted by atomic mass is 9.67. The number of fused-ring (bicyclic) bond motifs is 2. The molecule has 2 atom stereocenters. The van der Waals surface area contributed by atoms with E-state index in [9.17, 15) is 4.79 Å². The summed E-state index contributed by atoms with van der Waals surface area (Å²) in [5, 5.41) is 10.4. The molecule has 1 heterocycles. The summed E-state index contributed by atoms with van der Waals surface area (Å²) in [6, 6.07) is 7.84.